The van der Waals surface area contributed by atoms with Crippen LogP contribution in [0.1, 0.15) is 24.5 Å². The summed E-state index contributed by atoms with van der Waals surface area (Å²) in [5, 5.41) is 7.60. The molecule has 3 aliphatic heterocycles. The number of hydrogen-bond acceptors (Lipinski definition) is 7. The van der Waals surface area contributed by atoms with Crippen LogP contribution in [0.2, 0.25) is 0 Å². The average molecular weight is 507 g/mol. The molecule has 3 fully saturated rings. The van der Waals surface area contributed by atoms with Crippen molar-refractivity contribution in [3.05, 3.63) is 54.2 Å². The van der Waals surface area contributed by atoms with Crippen LogP contribution in [0.25, 0.3) is 11.3 Å². The van der Waals surface area contributed by atoms with Crippen LogP contribution in [-0.4, -0.2) is 67.8 Å². The zero-order valence-electron chi connectivity index (χ0n) is 21.8. The fraction of sp³-hybridized carbons (Fsp3) is 0.429. The maximum atomic E-state index is 12.5. The van der Waals surface area contributed by atoms with Crippen molar-refractivity contribution in [3.63, 3.8) is 0 Å². The fourth-order valence-corrected chi connectivity index (χ4v) is 5.67. The minimum Gasteiger partial charge on any atom is -0.497 e. The normalized spacial score (nSPS) is 22.4. The van der Waals surface area contributed by atoms with E-state index in [0.717, 1.165) is 42.9 Å². The first-order chi connectivity index (χ1) is 18.0. The molecule has 2 aromatic carbocycles. The van der Waals surface area contributed by atoms with E-state index in [2.05, 4.69) is 16.3 Å². The summed E-state index contributed by atoms with van der Waals surface area (Å²) in [6, 6.07) is 15.6. The standard InChI is InChI=1S/C28H34N4O5/c1-31-26(15-25(30-31)23-7-5-6-8-27(23)36-4)24-16-32-10-9-18(24)11-20(32)17-37-28(33)29-19-12-21(34-2)14-22(13-19)35-3/h5-8,12-15,18,20,24H,9-11,16-17H2,1-4H3,(H,29,33). The van der Waals surface area contributed by atoms with Gasteiger partial charge in [-0.15, -0.1) is 0 Å². The summed E-state index contributed by atoms with van der Waals surface area (Å²) < 4.78 is 23.7. The number of methoxy groups -OCH3 is 3. The highest BCUT2D eigenvalue weighted by Gasteiger charge is 2.42. The number of carbonyl (C=O) groups excluding carboxylic acids is 1. The smallest absolute Gasteiger partial charge is 0.411 e. The van der Waals surface area contributed by atoms with Crippen molar-refractivity contribution in [2.45, 2.75) is 24.8 Å². The van der Waals surface area contributed by atoms with E-state index in [1.54, 1.807) is 39.5 Å². The largest absolute Gasteiger partial charge is 0.497 e. The molecule has 1 amide bonds. The number of anilines is 1. The van der Waals surface area contributed by atoms with Crippen molar-refractivity contribution >= 4 is 11.8 Å². The van der Waals surface area contributed by atoms with Crippen molar-refractivity contribution in [3.8, 4) is 28.5 Å². The van der Waals surface area contributed by atoms with Gasteiger partial charge in [0, 0.05) is 55.0 Å². The Morgan fingerprint density at radius 1 is 1.05 bits per heavy atom. The molecule has 3 saturated heterocycles. The van der Waals surface area contributed by atoms with Gasteiger partial charge in [-0.25, -0.2) is 4.79 Å². The summed E-state index contributed by atoms with van der Waals surface area (Å²) in [7, 11) is 6.85. The Kier molecular flexibility index (Phi) is 7.23. The Bertz CT molecular complexity index is 1240. The molecular weight excluding hydrogens is 472 g/mol. The summed E-state index contributed by atoms with van der Waals surface area (Å²) in [4.78, 5) is 15.0. The molecule has 0 radical (unpaired) electrons. The van der Waals surface area contributed by atoms with Crippen LogP contribution in [0.5, 0.6) is 17.2 Å². The van der Waals surface area contributed by atoms with Gasteiger partial charge in [0.05, 0.1) is 32.7 Å². The van der Waals surface area contributed by atoms with E-state index in [1.807, 2.05) is 36.0 Å². The maximum absolute atomic E-state index is 12.5. The summed E-state index contributed by atoms with van der Waals surface area (Å²) in [6.07, 6.45) is 1.63. The number of nitrogens with one attached hydrogen (secondary N) is 1. The van der Waals surface area contributed by atoms with E-state index in [0.29, 0.717) is 35.6 Å². The van der Waals surface area contributed by atoms with Crippen LogP contribution in [0.4, 0.5) is 10.5 Å². The Hall–Kier alpha value is -3.72. The molecule has 2 bridgehead atoms. The summed E-state index contributed by atoms with van der Waals surface area (Å²) in [6.45, 7) is 2.30. The molecule has 0 spiro atoms. The molecule has 1 aromatic heterocycles. The topological polar surface area (TPSA) is 87.1 Å². The first-order valence-electron chi connectivity index (χ1n) is 12.6. The van der Waals surface area contributed by atoms with Crippen LogP contribution in [0, 0.1) is 5.92 Å². The van der Waals surface area contributed by atoms with Gasteiger partial charge >= 0.3 is 6.09 Å². The number of hydrogen-bond donors (Lipinski definition) is 1. The zero-order chi connectivity index (χ0) is 25.9. The number of piperidine rings is 3. The molecule has 3 aliphatic rings. The van der Waals surface area contributed by atoms with E-state index >= 15 is 0 Å². The third-order valence-corrected chi connectivity index (χ3v) is 7.56. The van der Waals surface area contributed by atoms with Crippen LogP contribution >= 0.6 is 0 Å². The highest BCUT2D eigenvalue weighted by Crippen LogP contribution is 2.43. The Morgan fingerprint density at radius 3 is 2.49 bits per heavy atom. The van der Waals surface area contributed by atoms with Crippen LogP contribution in [0.15, 0.2) is 48.5 Å². The molecule has 4 heterocycles. The molecule has 4 unspecified atom stereocenters. The Balaban J connectivity index is 1.21. The van der Waals surface area contributed by atoms with E-state index < -0.39 is 6.09 Å². The van der Waals surface area contributed by atoms with E-state index in [4.69, 9.17) is 24.0 Å². The lowest BCUT2D eigenvalue weighted by molar-refractivity contribution is -0.00222. The predicted molar refractivity (Wildman–Crippen MR) is 141 cm³/mol. The second kappa shape index (κ2) is 10.7. The molecule has 0 saturated carbocycles. The van der Waals surface area contributed by atoms with Gasteiger partial charge in [-0.1, -0.05) is 12.1 Å². The van der Waals surface area contributed by atoms with Crippen LogP contribution in [0.3, 0.4) is 0 Å². The van der Waals surface area contributed by atoms with Crippen LogP contribution in [-0.2, 0) is 11.8 Å². The van der Waals surface area contributed by atoms with Gasteiger partial charge in [0.1, 0.15) is 23.9 Å². The average Bonchev–Trinajstić information content (AvgIpc) is 3.32. The first kappa shape index (κ1) is 25.0. The molecule has 1 N–H and O–H groups in total. The minimum absolute atomic E-state index is 0.211. The maximum Gasteiger partial charge on any atom is 0.411 e. The van der Waals surface area contributed by atoms with Gasteiger partial charge in [0.2, 0.25) is 0 Å². The van der Waals surface area contributed by atoms with E-state index in [1.165, 1.54) is 5.69 Å². The molecule has 3 aromatic rings. The SMILES string of the molecule is COc1cc(NC(=O)OCC2CC3CCN2CC3c2cc(-c3ccccc3OC)nn2C)cc(OC)c1. The van der Waals surface area contributed by atoms with Gasteiger partial charge in [0.15, 0.2) is 0 Å². The molecule has 4 atom stereocenters. The number of aryl methyl sites for hydroxylation is 1. The second-order valence-electron chi connectivity index (χ2n) is 9.64. The fourth-order valence-electron chi connectivity index (χ4n) is 5.67. The number of aromatic nitrogens is 2. The van der Waals surface area contributed by atoms with Gasteiger partial charge in [-0.05, 0) is 43.5 Å². The second-order valence-corrected chi connectivity index (χ2v) is 9.64. The first-order valence-corrected chi connectivity index (χ1v) is 12.6. The summed E-state index contributed by atoms with van der Waals surface area (Å²) in [5.41, 5.74) is 3.73. The highest BCUT2D eigenvalue weighted by atomic mass is 16.5. The van der Waals surface area contributed by atoms with Crippen LogP contribution < -0.4 is 19.5 Å². The number of rotatable bonds is 8. The monoisotopic (exact) mass is 506 g/mol. The number of nitrogens with zero attached hydrogens (tertiary/aromatic N) is 3. The summed E-state index contributed by atoms with van der Waals surface area (Å²) in [5.74, 6) is 2.93. The molecule has 196 valence electrons. The number of amides is 1. The number of benzene rings is 2. The quantitative estimate of drug-likeness (QED) is 0.480. The highest BCUT2D eigenvalue weighted by molar-refractivity contribution is 5.85. The minimum atomic E-state index is -0.484. The lowest BCUT2D eigenvalue weighted by Gasteiger charge is -2.49. The third-order valence-electron chi connectivity index (χ3n) is 7.56. The van der Waals surface area contributed by atoms with Crippen molar-refractivity contribution < 1.29 is 23.7 Å². The van der Waals surface area contributed by atoms with Crippen molar-refractivity contribution in [2.75, 3.05) is 46.3 Å². The van der Waals surface area contributed by atoms with Crippen molar-refractivity contribution in [1.82, 2.24) is 14.7 Å². The Labute approximate surface area is 217 Å². The molecule has 6 rings (SSSR count). The third kappa shape index (κ3) is 5.22. The Morgan fingerprint density at radius 2 is 1.81 bits per heavy atom. The molecule has 9 heteroatoms. The molecular formula is C28H34N4O5. The summed E-state index contributed by atoms with van der Waals surface area (Å²) >= 11 is 0. The zero-order valence-corrected chi connectivity index (χ0v) is 21.8. The number of ether oxygens (including phenoxy) is 4. The van der Waals surface area contributed by atoms with Gasteiger partial charge in [-0.2, -0.15) is 5.10 Å². The molecule has 0 aliphatic carbocycles. The number of para-hydroxylation sites is 1. The molecule has 37 heavy (non-hydrogen) atoms. The van der Waals surface area contributed by atoms with Gasteiger partial charge < -0.3 is 18.9 Å². The van der Waals surface area contributed by atoms with E-state index in [-0.39, 0.29) is 6.04 Å². The predicted octanol–water partition coefficient (Wildman–Crippen LogP) is 4.54. The number of carbonyl (C=O) groups is 1. The lowest BCUT2D eigenvalue weighted by Crippen LogP contribution is -2.54. The van der Waals surface area contributed by atoms with Crippen molar-refractivity contribution in [2.24, 2.45) is 13.0 Å². The van der Waals surface area contributed by atoms with E-state index in [9.17, 15) is 4.79 Å². The van der Waals surface area contributed by atoms with Gasteiger partial charge in [0.25, 0.3) is 0 Å². The van der Waals surface area contributed by atoms with Gasteiger partial charge in [-0.3, -0.25) is 14.9 Å². The number of fused-ring (bicyclic) bond motifs is 3. The molecule has 9 nitrogen and oxygen atoms in total. The lowest BCUT2D eigenvalue weighted by atomic mass is 9.74. The van der Waals surface area contributed by atoms with Crippen molar-refractivity contribution in [1.29, 1.82) is 0 Å².